The molecule has 1 aromatic heterocycles. The molecule has 0 unspecified atom stereocenters. The van der Waals surface area contributed by atoms with Gasteiger partial charge in [-0.15, -0.1) is 0 Å². The molecule has 96 valence electrons. The van der Waals surface area contributed by atoms with Gasteiger partial charge in [0.25, 0.3) is 0 Å². The van der Waals surface area contributed by atoms with E-state index >= 15 is 0 Å². The van der Waals surface area contributed by atoms with Crippen LogP contribution in [0, 0.1) is 23.0 Å². The molecule has 2 heterocycles. The van der Waals surface area contributed by atoms with Gasteiger partial charge in [0, 0.05) is 25.1 Å². The van der Waals surface area contributed by atoms with E-state index in [2.05, 4.69) is 10.4 Å². The molecule has 0 spiro atoms. The number of fused-ring (bicyclic) bond motifs is 1. The summed E-state index contributed by atoms with van der Waals surface area (Å²) in [6.07, 6.45) is 0.581. The van der Waals surface area contributed by atoms with Gasteiger partial charge in [-0.1, -0.05) is 6.07 Å². The summed E-state index contributed by atoms with van der Waals surface area (Å²) in [5, 5.41) is 16.2. The SMILES string of the molecule is N#Cc1nn(-c2c(F)cccc2F)c2c1CNCC2. The summed E-state index contributed by atoms with van der Waals surface area (Å²) in [6, 6.07) is 5.63. The van der Waals surface area contributed by atoms with Crippen LogP contribution in [0.15, 0.2) is 18.2 Å². The molecular formula is C13H10F2N4. The van der Waals surface area contributed by atoms with E-state index in [-0.39, 0.29) is 11.4 Å². The lowest BCUT2D eigenvalue weighted by Crippen LogP contribution is -2.25. The van der Waals surface area contributed by atoms with Gasteiger partial charge < -0.3 is 5.32 Å². The van der Waals surface area contributed by atoms with Crippen molar-refractivity contribution in [1.82, 2.24) is 15.1 Å². The van der Waals surface area contributed by atoms with Gasteiger partial charge in [0.05, 0.1) is 5.69 Å². The molecule has 0 saturated heterocycles. The zero-order valence-electron chi connectivity index (χ0n) is 9.95. The average Bonchev–Trinajstić information content (AvgIpc) is 2.78. The average molecular weight is 260 g/mol. The van der Waals surface area contributed by atoms with Crippen molar-refractivity contribution >= 4 is 0 Å². The van der Waals surface area contributed by atoms with E-state index < -0.39 is 11.6 Å². The van der Waals surface area contributed by atoms with Crippen LogP contribution in [-0.2, 0) is 13.0 Å². The highest BCUT2D eigenvalue weighted by atomic mass is 19.1. The summed E-state index contributed by atoms with van der Waals surface area (Å²) in [4.78, 5) is 0. The molecule has 1 aromatic carbocycles. The Balaban J connectivity index is 2.27. The maximum Gasteiger partial charge on any atom is 0.167 e. The number of benzene rings is 1. The predicted molar refractivity (Wildman–Crippen MR) is 63.6 cm³/mol. The molecule has 1 aliphatic heterocycles. The van der Waals surface area contributed by atoms with Crippen LogP contribution in [0.3, 0.4) is 0 Å². The van der Waals surface area contributed by atoms with Gasteiger partial charge in [-0.2, -0.15) is 10.4 Å². The van der Waals surface area contributed by atoms with E-state index in [0.29, 0.717) is 25.2 Å². The Kier molecular flexibility index (Phi) is 2.76. The van der Waals surface area contributed by atoms with Crippen LogP contribution in [-0.4, -0.2) is 16.3 Å². The third-order valence-corrected chi connectivity index (χ3v) is 3.19. The second-order valence-electron chi connectivity index (χ2n) is 4.29. The fourth-order valence-corrected chi connectivity index (χ4v) is 2.31. The van der Waals surface area contributed by atoms with Crippen molar-refractivity contribution in [2.75, 3.05) is 6.54 Å². The third kappa shape index (κ3) is 1.79. The Morgan fingerprint density at radius 2 is 2.05 bits per heavy atom. The first-order valence-electron chi connectivity index (χ1n) is 5.88. The molecule has 1 aliphatic rings. The Hall–Kier alpha value is -2.26. The van der Waals surface area contributed by atoms with Gasteiger partial charge in [0.1, 0.15) is 11.8 Å². The fraction of sp³-hybridized carbons (Fsp3) is 0.231. The Morgan fingerprint density at radius 1 is 1.32 bits per heavy atom. The van der Waals surface area contributed by atoms with Crippen molar-refractivity contribution in [3.8, 4) is 11.8 Å². The highest BCUT2D eigenvalue weighted by Crippen LogP contribution is 2.24. The first-order chi connectivity index (χ1) is 9.22. The lowest BCUT2D eigenvalue weighted by atomic mass is 10.1. The minimum absolute atomic E-state index is 0.213. The van der Waals surface area contributed by atoms with Crippen LogP contribution in [0.25, 0.3) is 5.69 Å². The molecule has 6 heteroatoms. The second kappa shape index (κ2) is 4.44. The molecule has 0 saturated carbocycles. The summed E-state index contributed by atoms with van der Waals surface area (Å²) in [6.45, 7) is 1.19. The van der Waals surface area contributed by atoms with Gasteiger partial charge in [0.15, 0.2) is 17.3 Å². The molecule has 0 bridgehead atoms. The maximum absolute atomic E-state index is 13.8. The Morgan fingerprint density at radius 3 is 2.74 bits per heavy atom. The van der Waals surface area contributed by atoms with Crippen LogP contribution in [0.1, 0.15) is 17.0 Å². The second-order valence-corrected chi connectivity index (χ2v) is 4.29. The van der Waals surface area contributed by atoms with Crippen LogP contribution < -0.4 is 5.32 Å². The first kappa shape index (κ1) is 11.8. The zero-order valence-corrected chi connectivity index (χ0v) is 9.95. The van der Waals surface area contributed by atoms with E-state index in [4.69, 9.17) is 5.26 Å². The summed E-state index contributed by atoms with van der Waals surface area (Å²) >= 11 is 0. The van der Waals surface area contributed by atoms with Gasteiger partial charge in [-0.3, -0.25) is 0 Å². The molecule has 19 heavy (non-hydrogen) atoms. The Labute approximate surface area is 108 Å². The minimum Gasteiger partial charge on any atom is -0.312 e. The largest absolute Gasteiger partial charge is 0.312 e. The van der Waals surface area contributed by atoms with E-state index in [1.807, 2.05) is 6.07 Å². The molecule has 0 radical (unpaired) electrons. The molecule has 4 nitrogen and oxygen atoms in total. The predicted octanol–water partition coefficient (Wildman–Crippen LogP) is 1.67. The quantitative estimate of drug-likeness (QED) is 0.848. The van der Waals surface area contributed by atoms with Crippen molar-refractivity contribution in [2.24, 2.45) is 0 Å². The number of nitrogens with zero attached hydrogens (tertiary/aromatic N) is 3. The summed E-state index contributed by atoms with van der Waals surface area (Å²) < 4.78 is 28.9. The highest BCUT2D eigenvalue weighted by molar-refractivity contribution is 5.44. The lowest BCUT2D eigenvalue weighted by molar-refractivity contribution is 0.548. The molecule has 0 atom stereocenters. The Bertz CT molecular complexity index is 664. The van der Waals surface area contributed by atoms with Crippen molar-refractivity contribution in [3.63, 3.8) is 0 Å². The van der Waals surface area contributed by atoms with Crippen molar-refractivity contribution < 1.29 is 8.78 Å². The van der Waals surface area contributed by atoms with E-state index in [1.165, 1.54) is 22.9 Å². The number of halogens is 2. The lowest BCUT2D eigenvalue weighted by Gasteiger charge is -2.15. The van der Waals surface area contributed by atoms with Gasteiger partial charge in [0.2, 0.25) is 0 Å². The van der Waals surface area contributed by atoms with E-state index in [1.54, 1.807) is 0 Å². The van der Waals surface area contributed by atoms with Gasteiger partial charge in [-0.05, 0) is 12.1 Å². The molecular weight excluding hydrogens is 250 g/mol. The number of rotatable bonds is 1. The van der Waals surface area contributed by atoms with Crippen molar-refractivity contribution in [2.45, 2.75) is 13.0 Å². The molecule has 0 aliphatic carbocycles. The number of aromatic nitrogens is 2. The standard InChI is InChI=1S/C13H10F2N4/c14-9-2-1-3-10(15)13(9)19-12-4-5-17-7-8(12)11(6-16)18-19/h1-3,17H,4-5,7H2. The van der Waals surface area contributed by atoms with Gasteiger partial charge in [-0.25, -0.2) is 13.5 Å². The van der Waals surface area contributed by atoms with Crippen LogP contribution in [0.2, 0.25) is 0 Å². The summed E-state index contributed by atoms with van der Waals surface area (Å²) in [5.41, 5.74) is 1.41. The zero-order chi connectivity index (χ0) is 13.4. The minimum atomic E-state index is -0.687. The van der Waals surface area contributed by atoms with Crippen LogP contribution >= 0.6 is 0 Å². The van der Waals surface area contributed by atoms with E-state index in [0.717, 1.165) is 5.56 Å². The van der Waals surface area contributed by atoms with Crippen LogP contribution in [0.5, 0.6) is 0 Å². The van der Waals surface area contributed by atoms with Crippen molar-refractivity contribution in [1.29, 1.82) is 5.26 Å². The molecule has 0 fully saturated rings. The smallest absolute Gasteiger partial charge is 0.167 e. The molecule has 0 amide bonds. The van der Waals surface area contributed by atoms with Gasteiger partial charge >= 0.3 is 0 Å². The number of hydrogen-bond donors (Lipinski definition) is 1. The van der Waals surface area contributed by atoms with E-state index in [9.17, 15) is 8.78 Å². The topological polar surface area (TPSA) is 53.6 Å². The monoisotopic (exact) mass is 260 g/mol. The number of nitriles is 1. The normalized spacial score (nSPS) is 13.9. The highest BCUT2D eigenvalue weighted by Gasteiger charge is 2.24. The van der Waals surface area contributed by atoms with Crippen LogP contribution in [0.4, 0.5) is 8.78 Å². The summed E-state index contributed by atoms with van der Waals surface area (Å²) in [5.74, 6) is -1.37. The first-order valence-corrected chi connectivity index (χ1v) is 5.88. The number of para-hydroxylation sites is 1. The maximum atomic E-state index is 13.8. The molecule has 1 N–H and O–H groups in total. The third-order valence-electron chi connectivity index (χ3n) is 3.19. The number of hydrogen-bond acceptors (Lipinski definition) is 3. The molecule has 2 aromatic rings. The molecule has 3 rings (SSSR count). The fourth-order valence-electron chi connectivity index (χ4n) is 2.31. The summed E-state index contributed by atoms with van der Waals surface area (Å²) in [7, 11) is 0. The van der Waals surface area contributed by atoms with Crippen molar-refractivity contribution in [3.05, 3.63) is 46.8 Å². The number of nitrogens with one attached hydrogen (secondary N) is 1.